The van der Waals surface area contributed by atoms with Crippen molar-refractivity contribution >= 4 is 12.1 Å². The molecule has 6 nitrogen and oxygen atoms in total. The van der Waals surface area contributed by atoms with Crippen LogP contribution in [0, 0.1) is 0 Å². The average Bonchev–Trinajstić information content (AvgIpc) is 3.29. The summed E-state index contributed by atoms with van der Waals surface area (Å²) >= 11 is 0. The molecule has 6 heteroatoms. The molecule has 1 aliphatic heterocycles. The van der Waals surface area contributed by atoms with Crippen LogP contribution in [-0.2, 0) is 25.6 Å². The molecule has 3 rings (SSSR count). The Hall–Kier alpha value is -2.08. The molecule has 0 spiro atoms. The van der Waals surface area contributed by atoms with Gasteiger partial charge in [0.25, 0.3) is 0 Å². The summed E-state index contributed by atoms with van der Waals surface area (Å²) in [6.45, 7) is 6.22. The fourth-order valence-electron chi connectivity index (χ4n) is 3.70. The number of hydrogen-bond donors (Lipinski definition) is 0. The maximum Gasteiger partial charge on any atom is 0.411 e. The van der Waals surface area contributed by atoms with Gasteiger partial charge in [0.2, 0.25) is 0 Å². The maximum atomic E-state index is 12.8. The van der Waals surface area contributed by atoms with Crippen molar-refractivity contribution < 1.29 is 23.8 Å². The van der Waals surface area contributed by atoms with Crippen molar-refractivity contribution in [2.45, 2.75) is 83.3 Å². The molecule has 1 heterocycles. The van der Waals surface area contributed by atoms with Crippen LogP contribution in [0.5, 0.6) is 0 Å². The van der Waals surface area contributed by atoms with Crippen molar-refractivity contribution in [3.8, 4) is 0 Å². The molecule has 0 unspecified atom stereocenters. The molecule has 1 saturated heterocycles. The molecule has 154 valence electrons. The first-order valence-corrected chi connectivity index (χ1v) is 10.2. The third-order valence-electron chi connectivity index (χ3n) is 5.08. The molecule has 1 amide bonds. The van der Waals surface area contributed by atoms with Crippen LogP contribution in [0.25, 0.3) is 0 Å². The van der Waals surface area contributed by atoms with E-state index in [1.165, 1.54) is 4.90 Å². The molecule has 2 fully saturated rings. The van der Waals surface area contributed by atoms with E-state index < -0.39 is 17.7 Å². The van der Waals surface area contributed by atoms with E-state index >= 15 is 0 Å². The van der Waals surface area contributed by atoms with Gasteiger partial charge >= 0.3 is 12.1 Å². The molecule has 2 atom stereocenters. The number of benzene rings is 1. The summed E-state index contributed by atoms with van der Waals surface area (Å²) in [5.74, 6) is -0.344. The number of hydrogen-bond acceptors (Lipinski definition) is 5. The first kappa shape index (κ1) is 20.6. The van der Waals surface area contributed by atoms with Gasteiger partial charge in [0, 0.05) is 6.42 Å². The van der Waals surface area contributed by atoms with Gasteiger partial charge in [-0.05, 0) is 52.0 Å². The summed E-state index contributed by atoms with van der Waals surface area (Å²) in [6.07, 6.45) is 3.65. The second kappa shape index (κ2) is 8.95. The van der Waals surface area contributed by atoms with Crippen molar-refractivity contribution in [1.29, 1.82) is 0 Å². The minimum atomic E-state index is -0.656. The summed E-state index contributed by atoms with van der Waals surface area (Å²) in [7, 11) is 0. The van der Waals surface area contributed by atoms with Gasteiger partial charge in [0.05, 0.1) is 19.3 Å². The predicted octanol–water partition coefficient (Wildman–Crippen LogP) is 4.07. The average molecular weight is 389 g/mol. The van der Waals surface area contributed by atoms with Crippen LogP contribution in [0.4, 0.5) is 4.79 Å². The summed E-state index contributed by atoms with van der Waals surface area (Å²) in [5.41, 5.74) is 0.434. The maximum absolute atomic E-state index is 12.8. The molecule has 0 aromatic heterocycles. The van der Waals surface area contributed by atoms with E-state index in [1.807, 2.05) is 51.1 Å². The number of carbonyl (C=O) groups is 2. The molecule has 0 bridgehead atoms. The number of nitrogens with zero attached hydrogens (tertiary/aromatic N) is 1. The molecular formula is C22H31NO5. The fourth-order valence-corrected chi connectivity index (χ4v) is 3.70. The van der Waals surface area contributed by atoms with Gasteiger partial charge in [-0.1, -0.05) is 30.3 Å². The summed E-state index contributed by atoms with van der Waals surface area (Å²) < 4.78 is 17.2. The number of rotatable bonds is 5. The lowest BCUT2D eigenvalue weighted by Crippen LogP contribution is -2.44. The van der Waals surface area contributed by atoms with Crippen LogP contribution in [0.15, 0.2) is 30.3 Å². The third kappa shape index (κ3) is 5.71. The molecule has 0 N–H and O–H groups in total. The lowest BCUT2D eigenvalue weighted by Gasteiger charge is -2.28. The number of amides is 1. The highest BCUT2D eigenvalue weighted by Crippen LogP contribution is 2.27. The SMILES string of the molecule is CC(C)(C)OC(=O)N1C[C@H](OCc2ccccc2)C[C@H]1C(=O)OC1CCCC1. The van der Waals surface area contributed by atoms with Crippen molar-refractivity contribution in [2.75, 3.05) is 6.54 Å². The highest BCUT2D eigenvalue weighted by molar-refractivity contribution is 5.82. The minimum Gasteiger partial charge on any atom is -0.461 e. The van der Waals surface area contributed by atoms with E-state index in [0.717, 1.165) is 31.2 Å². The highest BCUT2D eigenvalue weighted by atomic mass is 16.6. The second-order valence-corrected chi connectivity index (χ2v) is 8.65. The number of esters is 1. The van der Waals surface area contributed by atoms with Gasteiger partial charge in [-0.15, -0.1) is 0 Å². The van der Waals surface area contributed by atoms with Crippen molar-refractivity contribution in [2.24, 2.45) is 0 Å². The largest absolute Gasteiger partial charge is 0.461 e. The standard InChI is InChI=1S/C22H31NO5/c1-22(2,3)28-21(25)23-14-18(26-15-16-9-5-4-6-10-16)13-19(23)20(24)27-17-11-7-8-12-17/h4-6,9-10,17-19H,7-8,11-15H2,1-3H3/t18-,19+/m1/s1. The van der Waals surface area contributed by atoms with Gasteiger partial charge < -0.3 is 14.2 Å². The first-order valence-electron chi connectivity index (χ1n) is 10.2. The smallest absolute Gasteiger partial charge is 0.411 e. The molecule has 0 radical (unpaired) electrons. The zero-order valence-electron chi connectivity index (χ0n) is 17.1. The Morgan fingerprint density at radius 3 is 2.39 bits per heavy atom. The molecule has 28 heavy (non-hydrogen) atoms. The topological polar surface area (TPSA) is 65.1 Å². The van der Waals surface area contributed by atoms with Gasteiger partial charge in [0.15, 0.2) is 0 Å². The van der Waals surface area contributed by atoms with E-state index in [4.69, 9.17) is 14.2 Å². The number of ether oxygens (including phenoxy) is 3. The second-order valence-electron chi connectivity index (χ2n) is 8.65. The van der Waals surface area contributed by atoms with Crippen molar-refractivity contribution in [1.82, 2.24) is 4.90 Å². The van der Waals surface area contributed by atoms with E-state index in [1.54, 1.807) is 0 Å². The monoisotopic (exact) mass is 389 g/mol. The van der Waals surface area contributed by atoms with E-state index in [9.17, 15) is 9.59 Å². The Morgan fingerprint density at radius 1 is 1.07 bits per heavy atom. The Kier molecular flexibility index (Phi) is 6.60. The van der Waals surface area contributed by atoms with Crippen LogP contribution in [0.1, 0.15) is 58.4 Å². The third-order valence-corrected chi connectivity index (χ3v) is 5.08. The van der Waals surface area contributed by atoms with Gasteiger partial charge in [-0.2, -0.15) is 0 Å². The van der Waals surface area contributed by atoms with Crippen molar-refractivity contribution in [3.63, 3.8) is 0 Å². The summed E-state index contributed by atoms with van der Waals surface area (Å²) in [4.78, 5) is 26.9. The normalized spacial score (nSPS) is 23.0. The molecule has 1 saturated carbocycles. The zero-order chi connectivity index (χ0) is 20.1. The highest BCUT2D eigenvalue weighted by Gasteiger charge is 2.43. The number of carbonyl (C=O) groups excluding carboxylic acids is 2. The predicted molar refractivity (Wildman–Crippen MR) is 105 cm³/mol. The molecule has 1 aliphatic carbocycles. The van der Waals surface area contributed by atoms with Gasteiger partial charge in [-0.25, -0.2) is 9.59 Å². The summed E-state index contributed by atoms with van der Waals surface area (Å²) in [6, 6.07) is 9.21. The van der Waals surface area contributed by atoms with Crippen LogP contribution >= 0.6 is 0 Å². The Labute approximate surface area is 167 Å². The van der Waals surface area contributed by atoms with Crippen LogP contribution in [0.3, 0.4) is 0 Å². The molecular weight excluding hydrogens is 358 g/mol. The quantitative estimate of drug-likeness (QED) is 0.711. The van der Waals surface area contributed by atoms with Crippen LogP contribution < -0.4 is 0 Å². The van der Waals surface area contributed by atoms with E-state index in [-0.39, 0.29) is 18.2 Å². The van der Waals surface area contributed by atoms with E-state index in [0.29, 0.717) is 19.6 Å². The lowest BCUT2D eigenvalue weighted by atomic mass is 10.2. The zero-order valence-corrected chi connectivity index (χ0v) is 17.1. The van der Waals surface area contributed by atoms with Gasteiger partial charge in [-0.3, -0.25) is 4.90 Å². The van der Waals surface area contributed by atoms with Gasteiger partial charge in [0.1, 0.15) is 17.7 Å². The molecule has 2 aliphatic rings. The number of likely N-dealkylation sites (tertiary alicyclic amines) is 1. The van der Waals surface area contributed by atoms with E-state index in [2.05, 4.69) is 0 Å². The Balaban J connectivity index is 1.64. The Morgan fingerprint density at radius 2 is 1.75 bits per heavy atom. The van der Waals surface area contributed by atoms with Crippen LogP contribution in [0.2, 0.25) is 0 Å². The fraction of sp³-hybridized carbons (Fsp3) is 0.636. The Bertz CT molecular complexity index is 663. The molecule has 1 aromatic carbocycles. The first-order chi connectivity index (χ1) is 13.3. The lowest BCUT2D eigenvalue weighted by molar-refractivity contribution is -0.154. The van der Waals surface area contributed by atoms with Crippen molar-refractivity contribution in [3.05, 3.63) is 35.9 Å². The summed E-state index contributed by atoms with van der Waals surface area (Å²) in [5, 5.41) is 0. The van der Waals surface area contributed by atoms with Crippen LogP contribution in [-0.4, -0.2) is 47.4 Å². The minimum absolute atomic E-state index is 0.0303. The molecule has 1 aromatic rings.